The first-order chi connectivity index (χ1) is 10.9. The van der Waals surface area contributed by atoms with E-state index in [1.807, 2.05) is 0 Å². The summed E-state index contributed by atoms with van der Waals surface area (Å²) in [6, 6.07) is 0. The number of hydrogen-bond donors (Lipinski definition) is 1. The van der Waals surface area contributed by atoms with Crippen molar-refractivity contribution < 1.29 is 9.90 Å². The molecule has 4 aliphatic rings. The van der Waals surface area contributed by atoms with Gasteiger partial charge in [-0.25, -0.2) is 0 Å². The maximum atomic E-state index is 12.2. The Balaban J connectivity index is 1.75. The first-order valence-corrected chi connectivity index (χ1v) is 9.43. The standard InChI is InChI=1S/C21H30O2/c1-13(22)16-9-10-17-15-8-7-14-6-4-5-11-20(14,2)19(15)18(23)12-21(16,17)3/h4,6-7,15-19,23H,5,8-12H2,1-3H3/t15-,16+,17-,18-,19?,20-,21+/m0/s1. The highest BCUT2D eigenvalue weighted by atomic mass is 16.3. The fourth-order valence-electron chi connectivity index (χ4n) is 7.10. The summed E-state index contributed by atoms with van der Waals surface area (Å²) in [6.07, 6.45) is 13.1. The molecule has 2 heteroatoms. The van der Waals surface area contributed by atoms with Gasteiger partial charge >= 0.3 is 0 Å². The van der Waals surface area contributed by atoms with Crippen molar-refractivity contribution in [1.29, 1.82) is 0 Å². The number of rotatable bonds is 1. The van der Waals surface area contributed by atoms with Gasteiger partial charge in [-0.15, -0.1) is 0 Å². The van der Waals surface area contributed by atoms with Gasteiger partial charge < -0.3 is 5.11 Å². The molecule has 0 aromatic heterocycles. The van der Waals surface area contributed by atoms with Gasteiger partial charge in [0.2, 0.25) is 0 Å². The van der Waals surface area contributed by atoms with E-state index in [1.54, 1.807) is 6.92 Å². The van der Waals surface area contributed by atoms with Crippen LogP contribution in [0.2, 0.25) is 0 Å². The molecule has 0 bridgehead atoms. The van der Waals surface area contributed by atoms with Gasteiger partial charge in [0.1, 0.15) is 5.78 Å². The van der Waals surface area contributed by atoms with Crippen LogP contribution in [-0.2, 0) is 4.79 Å². The van der Waals surface area contributed by atoms with Gasteiger partial charge in [0.05, 0.1) is 6.10 Å². The van der Waals surface area contributed by atoms with Crippen molar-refractivity contribution in [3.63, 3.8) is 0 Å². The van der Waals surface area contributed by atoms with Crippen LogP contribution in [0.15, 0.2) is 23.8 Å². The third-order valence-corrected chi connectivity index (χ3v) is 8.07. The van der Waals surface area contributed by atoms with E-state index in [0.29, 0.717) is 23.5 Å². The minimum absolute atomic E-state index is 0.0125. The van der Waals surface area contributed by atoms with E-state index in [-0.39, 0.29) is 22.9 Å². The lowest BCUT2D eigenvalue weighted by Crippen LogP contribution is -2.55. The Morgan fingerprint density at radius 3 is 2.83 bits per heavy atom. The molecule has 7 atom stereocenters. The number of ketones is 1. The minimum atomic E-state index is -0.263. The van der Waals surface area contributed by atoms with Gasteiger partial charge in [-0.2, -0.15) is 0 Å². The van der Waals surface area contributed by atoms with Gasteiger partial charge in [0.15, 0.2) is 0 Å². The number of allylic oxidation sites excluding steroid dienone is 4. The van der Waals surface area contributed by atoms with E-state index in [0.717, 1.165) is 32.1 Å². The smallest absolute Gasteiger partial charge is 0.133 e. The van der Waals surface area contributed by atoms with Gasteiger partial charge in [-0.3, -0.25) is 4.79 Å². The van der Waals surface area contributed by atoms with Crippen LogP contribution >= 0.6 is 0 Å². The largest absolute Gasteiger partial charge is 0.393 e. The second kappa shape index (κ2) is 5.05. The molecule has 0 saturated heterocycles. The second-order valence-electron chi connectivity index (χ2n) is 9.07. The predicted octanol–water partition coefficient (Wildman–Crippen LogP) is 4.29. The first-order valence-electron chi connectivity index (χ1n) is 9.43. The van der Waals surface area contributed by atoms with Gasteiger partial charge in [0, 0.05) is 5.92 Å². The highest BCUT2D eigenvalue weighted by Crippen LogP contribution is 2.65. The van der Waals surface area contributed by atoms with Crippen LogP contribution in [0, 0.1) is 34.5 Å². The molecule has 0 spiro atoms. The molecule has 0 aliphatic heterocycles. The molecule has 0 amide bonds. The molecule has 1 N–H and O–H groups in total. The number of aliphatic hydroxyl groups is 1. The van der Waals surface area contributed by atoms with E-state index >= 15 is 0 Å². The zero-order valence-electron chi connectivity index (χ0n) is 14.7. The van der Waals surface area contributed by atoms with Crippen molar-refractivity contribution in [3.05, 3.63) is 23.8 Å². The van der Waals surface area contributed by atoms with Crippen LogP contribution in [0.25, 0.3) is 0 Å². The third kappa shape index (κ3) is 2.00. The lowest BCUT2D eigenvalue weighted by Gasteiger charge is -2.58. The highest BCUT2D eigenvalue weighted by molar-refractivity contribution is 5.79. The first kappa shape index (κ1) is 15.6. The summed E-state index contributed by atoms with van der Waals surface area (Å²) in [7, 11) is 0. The van der Waals surface area contributed by atoms with Crippen LogP contribution in [0.5, 0.6) is 0 Å². The topological polar surface area (TPSA) is 37.3 Å². The van der Waals surface area contributed by atoms with Crippen molar-refractivity contribution in [1.82, 2.24) is 0 Å². The molecule has 2 fully saturated rings. The average molecular weight is 314 g/mol. The molecule has 0 aromatic rings. The Kier molecular flexibility index (Phi) is 3.43. The van der Waals surface area contributed by atoms with E-state index in [9.17, 15) is 9.90 Å². The minimum Gasteiger partial charge on any atom is -0.393 e. The zero-order chi connectivity index (χ0) is 16.4. The quantitative estimate of drug-likeness (QED) is 0.784. The SMILES string of the molecule is CC(=O)[C@H]1CC[C@H]2[C@@H]3CC=C4C=CCC[C@]4(C)C3[C@@H](O)C[C@]12C. The lowest BCUT2D eigenvalue weighted by molar-refractivity contribution is -0.137. The fraction of sp³-hybridized carbons (Fsp3) is 0.762. The van der Waals surface area contributed by atoms with Gasteiger partial charge in [-0.1, -0.05) is 32.1 Å². The summed E-state index contributed by atoms with van der Waals surface area (Å²) in [5, 5.41) is 11.2. The molecule has 1 unspecified atom stereocenters. The Morgan fingerprint density at radius 2 is 2.09 bits per heavy atom. The van der Waals surface area contributed by atoms with Crippen molar-refractivity contribution >= 4 is 5.78 Å². The second-order valence-corrected chi connectivity index (χ2v) is 9.07. The number of carbonyl (C=O) groups excluding carboxylic acids is 1. The lowest BCUT2D eigenvalue weighted by atomic mass is 9.47. The number of fused-ring (bicyclic) bond motifs is 5. The maximum Gasteiger partial charge on any atom is 0.133 e. The van der Waals surface area contributed by atoms with Crippen LogP contribution in [0.1, 0.15) is 59.3 Å². The predicted molar refractivity (Wildman–Crippen MR) is 91.8 cm³/mol. The number of carbonyl (C=O) groups is 1. The molecule has 4 rings (SSSR count). The van der Waals surface area contributed by atoms with E-state index < -0.39 is 0 Å². The molecule has 0 radical (unpaired) electrons. The van der Waals surface area contributed by atoms with E-state index in [4.69, 9.17) is 0 Å². The maximum absolute atomic E-state index is 12.2. The van der Waals surface area contributed by atoms with Crippen molar-refractivity contribution in [2.45, 2.75) is 65.4 Å². The zero-order valence-corrected chi connectivity index (χ0v) is 14.7. The summed E-state index contributed by atoms with van der Waals surface area (Å²) < 4.78 is 0. The molecule has 2 nitrogen and oxygen atoms in total. The highest BCUT2D eigenvalue weighted by Gasteiger charge is 2.61. The monoisotopic (exact) mass is 314 g/mol. The Bertz CT molecular complexity index is 589. The summed E-state index contributed by atoms with van der Waals surface area (Å²) in [6.45, 7) is 6.42. The Morgan fingerprint density at radius 1 is 1.30 bits per heavy atom. The van der Waals surface area contributed by atoms with Crippen LogP contribution in [0.3, 0.4) is 0 Å². The normalized spacial score (nSPS) is 51.5. The van der Waals surface area contributed by atoms with Crippen LogP contribution in [0.4, 0.5) is 0 Å². The Labute approximate surface area is 140 Å². The molecular weight excluding hydrogens is 284 g/mol. The molecule has 23 heavy (non-hydrogen) atoms. The number of aliphatic hydroxyl groups excluding tert-OH is 1. The summed E-state index contributed by atoms with van der Waals surface area (Å²) in [5.74, 6) is 2.02. The van der Waals surface area contributed by atoms with Crippen LogP contribution < -0.4 is 0 Å². The van der Waals surface area contributed by atoms with Crippen molar-refractivity contribution in [2.24, 2.45) is 34.5 Å². The third-order valence-electron chi connectivity index (χ3n) is 8.07. The van der Waals surface area contributed by atoms with E-state index in [2.05, 4.69) is 32.1 Å². The van der Waals surface area contributed by atoms with Crippen LogP contribution in [-0.4, -0.2) is 17.0 Å². The number of Topliss-reactive ketones (excluding diaryl/α,β-unsaturated/α-hetero) is 1. The molecule has 4 aliphatic carbocycles. The summed E-state index contributed by atoms with van der Waals surface area (Å²) >= 11 is 0. The Hall–Kier alpha value is -0.890. The van der Waals surface area contributed by atoms with Crippen molar-refractivity contribution in [3.8, 4) is 0 Å². The average Bonchev–Trinajstić information content (AvgIpc) is 2.82. The summed E-state index contributed by atoms with van der Waals surface area (Å²) in [5.41, 5.74) is 1.60. The molecule has 2 saturated carbocycles. The fourth-order valence-corrected chi connectivity index (χ4v) is 7.10. The molecular formula is C21H30O2. The molecule has 0 heterocycles. The van der Waals surface area contributed by atoms with E-state index in [1.165, 1.54) is 12.0 Å². The number of hydrogen-bond acceptors (Lipinski definition) is 2. The molecule has 126 valence electrons. The van der Waals surface area contributed by atoms with Gasteiger partial charge in [0.25, 0.3) is 0 Å². The van der Waals surface area contributed by atoms with Crippen molar-refractivity contribution in [2.75, 3.05) is 0 Å². The van der Waals surface area contributed by atoms with Gasteiger partial charge in [-0.05, 0) is 79.6 Å². The molecule has 0 aromatic carbocycles. The summed E-state index contributed by atoms with van der Waals surface area (Å²) in [4.78, 5) is 12.2.